The van der Waals surface area contributed by atoms with Gasteiger partial charge in [-0.3, -0.25) is 14.6 Å². The van der Waals surface area contributed by atoms with Crippen LogP contribution < -0.4 is 5.32 Å². The van der Waals surface area contributed by atoms with Gasteiger partial charge in [-0.2, -0.15) is 0 Å². The summed E-state index contributed by atoms with van der Waals surface area (Å²) >= 11 is 7.51. The van der Waals surface area contributed by atoms with Crippen molar-refractivity contribution in [2.75, 3.05) is 0 Å². The molecule has 2 aliphatic heterocycles. The van der Waals surface area contributed by atoms with Gasteiger partial charge in [-0.1, -0.05) is 66.9 Å². The lowest BCUT2D eigenvalue weighted by atomic mass is 9.95. The number of para-hydroxylation sites is 1. The molecule has 176 valence electrons. The molecule has 1 atom stereocenters. The lowest BCUT2D eigenvalue weighted by Gasteiger charge is -2.25. The molecular weight excluding hydrogens is 468 g/mol. The van der Waals surface area contributed by atoms with Crippen LogP contribution in [0.1, 0.15) is 56.1 Å². The minimum absolute atomic E-state index is 0.0103. The highest BCUT2D eigenvalue weighted by molar-refractivity contribution is 8.13. The summed E-state index contributed by atoms with van der Waals surface area (Å²) in [7, 11) is 0. The molecule has 5 rings (SSSR count). The van der Waals surface area contributed by atoms with Crippen molar-refractivity contribution in [1.29, 1.82) is 0 Å². The van der Waals surface area contributed by atoms with E-state index in [0.29, 0.717) is 34.6 Å². The Morgan fingerprint density at radius 3 is 2.65 bits per heavy atom. The lowest BCUT2D eigenvalue weighted by Crippen LogP contribution is -2.41. The Morgan fingerprint density at radius 1 is 1.09 bits per heavy atom. The van der Waals surface area contributed by atoms with Crippen LogP contribution in [0.2, 0.25) is 5.02 Å². The molecule has 3 aliphatic rings. The molecule has 6 nitrogen and oxygen atoms in total. The third kappa shape index (κ3) is 5.05. The van der Waals surface area contributed by atoms with E-state index in [9.17, 15) is 9.59 Å². The number of fused-ring (bicyclic) bond motifs is 3. The third-order valence-electron chi connectivity index (χ3n) is 6.44. The van der Waals surface area contributed by atoms with Gasteiger partial charge in [0, 0.05) is 28.8 Å². The van der Waals surface area contributed by atoms with Crippen molar-refractivity contribution in [3.63, 3.8) is 0 Å². The Labute approximate surface area is 208 Å². The largest absolute Gasteiger partial charge is 0.353 e. The first-order chi connectivity index (χ1) is 16.6. The summed E-state index contributed by atoms with van der Waals surface area (Å²) in [6, 6.07) is 15.1. The third-order valence-corrected chi connectivity index (χ3v) is 7.71. The molecule has 1 aliphatic carbocycles. The van der Waals surface area contributed by atoms with Crippen LogP contribution in [0.25, 0.3) is 0 Å². The molecule has 1 N–H and O–H groups in total. The zero-order valence-corrected chi connectivity index (χ0v) is 20.4. The van der Waals surface area contributed by atoms with Crippen molar-refractivity contribution in [2.45, 2.75) is 62.8 Å². The number of aliphatic imine (C=N–C) groups is 2. The van der Waals surface area contributed by atoms with E-state index in [1.54, 1.807) is 4.90 Å². The van der Waals surface area contributed by atoms with Crippen LogP contribution in [0.5, 0.6) is 0 Å². The maximum absolute atomic E-state index is 13.4. The van der Waals surface area contributed by atoms with Gasteiger partial charge in [-0.15, -0.1) is 0 Å². The minimum Gasteiger partial charge on any atom is -0.353 e. The van der Waals surface area contributed by atoms with E-state index in [2.05, 4.69) is 5.32 Å². The van der Waals surface area contributed by atoms with Crippen LogP contribution in [0, 0.1) is 0 Å². The van der Waals surface area contributed by atoms with Crippen LogP contribution in [0.4, 0.5) is 5.69 Å². The number of carbonyl (C=O) groups excluding carboxylic acids is 2. The predicted molar refractivity (Wildman–Crippen MR) is 138 cm³/mol. The van der Waals surface area contributed by atoms with Gasteiger partial charge in [0.05, 0.1) is 5.69 Å². The second-order valence-corrected chi connectivity index (χ2v) is 10.3. The van der Waals surface area contributed by atoms with Crippen molar-refractivity contribution in [3.05, 3.63) is 64.7 Å². The van der Waals surface area contributed by atoms with Gasteiger partial charge in [-0.05, 0) is 49.1 Å². The number of halogens is 1. The summed E-state index contributed by atoms with van der Waals surface area (Å²) in [6.45, 7) is 0. The average molecular weight is 495 g/mol. The zero-order chi connectivity index (χ0) is 23.5. The van der Waals surface area contributed by atoms with Gasteiger partial charge in [0.2, 0.25) is 5.91 Å². The van der Waals surface area contributed by atoms with Crippen molar-refractivity contribution < 1.29 is 9.59 Å². The standard InChI is InChI=1S/C26H27ClN4O2S/c27-18-12-10-17(11-13-18)16-34-26-30-21-9-5-4-8-20(21)24-29-22(25(33)31(24)26)14-15-23(32)28-19-6-2-1-3-7-19/h4-5,8-13,19,22H,1-3,6-7,14-16H2,(H,28,32). The Hall–Kier alpha value is -2.64. The number of benzene rings is 2. The SMILES string of the molecule is O=C(CCC1N=C2c3ccccc3N=C(SCc3ccc(Cl)cc3)N2C1=O)NC1CCCCC1. The van der Waals surface area contributed by atoms with E-state index >= 15 is 0 Å². The Balaban J connectivity index is 1.29. The quantitative estimate of drug-likeness (QED) is 0.579. The smallest absolute Gasteiger partial charge is 0.259 e. The van der Waals surface area contributed by atoms with Crippen LogP contribution in [-0.2, 0) is 15.3 Å². The Bertz CT molecular complexity index is 1140. The fraction of sp³-hybridized carbons (Fsp3) is 0.385. The average Bonchev–Trinajstić information content (AvgIpc) is 3.19. The van der Waals surface area contributed by atoms with E-state index in [-0.39, 0.29) is 17.9 Å². The highest BCUT2D eigenvalue weighted by Crippen LogP contribution is 2.35. The number of hydrogen-bond donors (Lipinski definition) is 1. The number of nitrogens with zero attached hydrogens (tertiary/aromatic N) is 3. The van der Waals surface area contributed by atoms with Gasteiger partial charge in [0.25, 0.3) is 5.91 Å². The molecule has 2 aromatic carbocycles. The summed E-state index contributed by atoms with van der Waals surface area (Å²) in [5.41, 5.74) is 2.75. The van der Waals surface area contributed by atoms with Crippen LogP contribution in [0.15, 0.2) is 58.5 Å². The van der Waals surface area contributed by atoms with Crippen molar-refractivity contribution in [3.8, 4) is 0 Å². The van der Waals surface area contributed by atoms with Crippen molar-refractivity contribution in [2.24, 2.45) is 9.98 Å². The monoisotopic (exact) mass is 494 g/mol. The summed E-state index contributed by atoms with van der Waals surface area (Å²) in [5, 5.41) is 4.45. The Kier molecular flexibility index (Phi) is 7.02. The lowest BCUT2D eigenvalue weighted by molar-refractivity contribution is -0.125. The molecule has 1 saturated carbocycles. The number of carbonyl (C=O) groups is 2. The van der Waals surface area contributed by atoms with Crippen molar-refractivity contribution in [1.82, 2.24) is 10.2 Å². The maximum Gasteiger partial charge on any atom is 0.259 e. The highest BCUT2D eigenvalue weighted by atomic mass is 35.5. The van der Waals surface area contributed by atoms with Crippen LogP contribution in [-0.4, -0.2) is 39.8 Å². The van der Waals surface area contributed by atoms with Crippen LogP contribution in [0.3, 0.4) is 0 Å². The number of nitrogens with one attached hydrogen (secondary N) is 1. The maximum atomic E-state index is 13.4. The van der Waals surface area contributed by atoms with Gasteiger partial charge in [-0.25, -0.2) is 9.89 Å². The zero-order valence-electron chi connectivity index (χ0n) is 18.9. The minimum atomic E-state index is -0.570. The molecule has 0 radical (unpaired) electrons. The molecule has 0 bridgehead atoms. The predicted octanol–water partition coefficient (Wildman–Crippen LogP) is 5.46. The fourth-order valence-electron chi connectivity index (χ4n) is 4.63. The van der Waals surface area contributed by atoms with E-state index in [0.717, 1.165) is 29.7 Å². The summed E-state index contributed by atoms with van der Waals surface area (Å²) < 4.78 is 0. The summed E-state index contributed by atoms with van der Waals surface area (Å²) in [5.74, 6) is 1.18. The first kappa shape index (κ1) is 23.1. The number of amides is 2. The summed E-state index contributed by atoms with van der Waals surface area (Å²) in [4.78, 5) is 37.1. The van der Waals surface area contributed by atoms with Crippen molar-refractivity contribution >= 4 is 51.9 Å². The molecule has 1 unspecified atom stereocenters. The van der Waals surface area contributed by atoms with Crippen LogP contribution >= 0.6 is 23.4 Å². The second-order valence-electron chi connectivity index (χ2n) is 8.91. The van der Waals surface area contributed by atoms with Gasteiger partial charge in [0.15, 0.2) is 5.17 Å². The molecule has 8 heteroatoms. The van der Waals surface area contributed by atoms with E-state index in [4.69, 9.17) is 21.6 Å². The first-order valence-electron chi connectivity index (χ1n) is 11.8. The summed E-state index contributed by atoms with van der Waals surface area (Å²) in [6.07, 6.45) is 6.38. The molecule has 0 saturated heterocycles. The molecule has 0 spiro atoms. The highest BCUT2D eigenvalue weighted by Gasteiger charge is 2.41. The van der Waals surface area contributed by atoms with E-state index < -0.39 is 6.04 Å². The van der Waals surface area contributed by atoms with E-state index in [1.165, 1.54) is 31.0 Å². The number of rotatable bonds is 6. The van der Waals surface area contributed by atoms with Gasteiger partial charge >= 0.3 is 0 Å². The number of amidine groups is 2. The first-order valence-corrected chi connectivity index (χ1v) is 13.2. The Morgan fingerprint density at radius 2 is 1.85 bits per heavy atom. The fourth-order valence-corrected chi connectivity index (χ4v) is 5.71. The molecule has 2 aromatic rings. The number of hydrogen-bond acceptors (Lipinski definition) is 5. The number of thioether (sulfide) groups is 1. The van der Waals surface area contributed by atoms with E-state index in [1.807, 2.05) is 48.5 Å². The second kappa shape index (κ2) is 10.3. The molecule has 1 fully saturated rings. The van der Waals surface area contributed by atoms with Gasteiger partial charge < -0.3 is 5.32 Å². The molecule has 0 aromatic heterocycles. The molecular formula is C26H27ClN4O2S. The molecule has 34 heavy (non-hydrogen) atoms. The van der Waals surface area contributed by atoms with Gasteiger partial charge in [0.1, 0.15) is 11.9 Å². The molecule has 2 amide bonds. The topological polar surface area (TPSA) is 74.1 Å². The molecule has 2 heterocycles. The normalized spacial score (nSPS) is 19.9.